The molecular formula is C12H9ClF4N2. The quantitative estimate of drug-likeness (QED) is 0.605. The zero-order chi connectivity index (χ0) is 13.8. The van der Waals surface area contributed by atoms with Crippen LogP contribution in [-0.2, 0) is 11.4 Å². The lowest BCUT2D eigenvalue weighted by molar-refractivity contribution is -0.179. The average Bonchev–Trinajstić information content (AvgIpc) is 3.05. The zero-order valence-corrected chi connectivity index (χ0v) is 10.4. The van der Waals surface area contributed by atoms with E-state index in [4.69, 9.17) is 11.6 Å². The highest BCUT2D eigenvalue weighted by atomic mass is 35.5. The van der Waals surface area contributed by atoms with E-state index in [1.165, 1.54) is 18.2 Å². The lowest BCUT2D eigenvalue weighted by atomic mass is 10.2. The summed E-state index contributed by atoms with van der Waals surface area (Å²) in [5, 5.41) is 0. The minimum Gasteiger partial charge on any atom is -0.311 e. The van der Waals surface area contributed by atoms with Crippen LogP contribution in [0.15, 0.2) is 18.2 Å². The molecule has 102 valence electrons. The van der Waals surface area contributed by atoms with Crippen LogP contribution in [-0.4, -0.2) is 15.7 Å². The van der Waals surface area contributed by atoms with Gasteiger partial charge in [0.15, 0.2) is 5.82 Å². The molecule has 2 aromatic rings. The number of alkyl halides is 4. The number of hydrogen-bond donors (Lipinski definition) is 0. The van der Waals surface area contributed by atoms with Gasteiger partial charge in [-0.1, -0.05) is 6.07 Å². The van der Waals surface area contributed by atoms with Crippen molar-refractivity contribution in [3.05, 3.63) is 29.8 Å². The Morgan fingerprint density at radius 3 is 2.53 bits per heavy atom. The smallest absolute Gasteiger partial charge is 0.311 e. The summed E-state index contributed by atoms with van der Waals surface area (Å²) in [6.45, 7) is 0. The first-order valence-electron chi connectivity index (χ1n) is 5.70. The van der Waals surface area contributed by atoms with Crippen molar-refractivity contribution in [1.29, 1.82) is 0 Å². The number of rotatable bonds is 2. The van der Waals surface area contributed by atoms with Gasteiger partial charge in [0.25, 0.3) is 0 Å². The number of benzene rings is 1. The molecule has 0 spiro atoms. The van der Waals surface area contributed by atoms with Crippen LogP contribution in [0, 0.1) is 5.82 Å². The summed E-state index contributed by atoms with van der Waals surface area (Å²) < 4.78 is 54.3. The standard InChI is InChI=1S/C12H9ClF4N2/c13-6-9-18-10-7(14)2-1-3-8(10)19(9)11(4-5-11)12(15,16)17/h1-3H,4-6H2. The molecule has 0 amide bonds. The largest absolute Gasteiger partial charge is 0.412 e. The van der Waals surface area contributed by atoms with Gasteiger partial charge in [0.1, 0.15) is 16.9 Å². The van der Waals surface area contributed by atoms with Crippen LogP contribution in [0.1, 0.15) is 18.7 Å². The molecule has 3 rings (SSSR count). The van der Waals surface area contributed by atoms with Crippen LogP contribution in [0.25, 0.3) is 11.0 Å². The van der Waals surface area contributed by atoms with Gasteiger partial charge in [-0.25, -0.2) is 9.37 Å². The summed E-state index contributed by atoms with van der Waals surface area (Å²) >= 11 is 5.67. The van der Waals surface area contributed by atoms with Crippen molar-refractivity contribution in [3.63, 3.8) is 0 Å². The van der Waals surface area contributed by atoms with Gasteiger partial charge in [-0.05, 0) is 25.0 Å². The Morgan fingerprint density at radius 1 is 1.32 bits per heavy atom. The van der Waals surface area contributed by atoms with E-state index < -0.39 is 17.5 Å². The number of nitrogens with zero attached hydrogens (tertiary/aromatic N) is 2. The maximum absolute atomic E-state index is 13.6. The molecule has 1 aliphatic rings. The molecule has 1 fully saturated rings. The van der Waals surface area contributed by atoms with Gasteiger partial charge >= 0.3 is 6.18 Å². The zero-order valence-electron chi connectivity index (χ0n) is 9.64. The molecule has 0 atom stereocenters. The van der Waals surface area contributed by atoms with Gasteiger partial charge in [-0.2, -0.15) is 13.2 Å². The van der Waals surface area contributed by atoms with Crippen LogP contribution >= 0.6 is 11.6 Å². The summed E-state index contributed by atoms with van der Waals surface area (Å²) in [5.74, 6) is -0.774. The second-order valence-corrected chi connectivity index (χ2v) is 4.90. The van der Waals surface area contributed by atoms with Crippen molar-refractivity contribution in [3.8, 4) is 0 Å². The molecule has 0 radical (unpaired) electrons. The second-order valence-electron chi connectivity index (χ2n) is 4.63. The molecule has 1 heterocycles. The minimum absolute atomic E-state index is 0.0254. The van der Waals surface area contributed by atoms with Crippen molar-refractivity contribution in [2.45, 2.75) is 30.4 Å². The Morgan fingerprint density at radius 2 is 2.00 bits per heavy atom. The highest BCUT2D eigenvalue weighted by Crippen LogP contribution is 2.57. The van der Waals surface area contributed by atoms with E-state index in [1.54, 1.807) is 0 Å². The van der Waals surface area contributed by atoms with Crippen molar-refractivity contribution in [1.82, 2.24) is 9.55 Å². The number of halogens is 5. The minimum atomic E-state index is -4.40. The number of hydrogen-bond acceptors (Lipinski definition) is 1. The van der Waals surface area contributed by atoms with Crippen LogP contribution < -0.4 is 0 Å². The van der Waals surface area contributed by atoms with Gasteiger partial charge in [-0.3, -0.25) is 0 Å². The van der Waals surface area contributed by atoms with Crippen molar-refractivity contribution < 1.29 is 17.6 Å². The van der Waals surface area contributed by atoms with Crippen LogP contribution in [0.3, 0.4) is 0 Å². The van der Waals surface area contributed by atoms with Gasteiger partial charge in [-0.15, -0.1) is 11.6 Å². The van der Waals surface area contributed by atoms with Gasteiger partial charge in [0, 0.05) is 0 Å². The molecule has 19 heavy (non-hydrogen) atoms. The van der Waals surface area contributed by atoms with E-state index in [0.29, 0.717) is 0 Å². The fraction of sp³-hybridized carbons (Fsp3) is 0.417. The molecule has 0 saturated heterocycles. The third-order valence-corrected chi connectivity index (χ3v) is 3.74. The van der Waals surface area contributed by atoms with E-state index in [1.807, 2.05) is 0 Å². The Hall–Kier alpha value is -1.30. The summed E-state index contributed by atoms with van der Waals surface area (Å²) in [6, 6.07) is 3.98. The first kappa shape index (κ1) is 12.7. The van der Waals surface area contributed by atoms with Gasteiger partial charge in [0.05, 0.1) is 11.4 Å². The van der Waals surface area contributed by atoms with Crippen LogP contribution in [0.4, 0.5) is 17.6 Å². The molecule has 0 N–H and O–H groups in total. The van der Waals surface area contributed by atoms with Crippen molar-refractivity contribution in [2.75, 3.05) is 0 Å². The Labute approximate surface area is 111 Å². The molecule has 2 nitrogen and oxygen atoms in total. The average molecular weight is 293 g/mol. The monoisotopic (exact) mass is 292 g/mol. The molecule has 0 aliphatic heterocycles. The molecule has 1 aromatic heterocycles. The number of imidazole rings is 1. The molecule has 1 aliphatic carbocycles. The van der Waals surface area contributed by atoms with Crippen molar-refractivity contribution in [2.24, 2.45) is 0 Å². The maximum atomic E-state index is 13.6. The Balaban J connectivity index is 2.32. The predicted octanol–water partition coefficient (Wildman–Crippen LogP) is 3.97. The number of fused-ring (bicyclic) bond motifs is 1. The van der Waals surface area contributed by atoms with Gasteiger partial charge < -0.3 is 4.57 Å². The lowest BCUT2D eigenvalue weighted by Gasteiger charge is -2.23. The fourth-order valence-electron chi connectivity index (χ4n) is 2.43. The third kappa shape index (κ3) is 1.65. The maximum Gasteiger partial charge on any atom is 0.412 e. The molecule has 1 aromatic carbocycles. The molecular weight excluding hydrogens is 284 g/mol. The van der Waals surface area contributed by atoms with E-state index in [2.05, 4.69) is 4.98 Å². The fourth-order valence-corrected chi connectivity index (χ4v) is 2.61. The summed E-state index contributed by atoms with van der Waals surface area (Å²) in [7, 11) is 0. The van der Waals surface area contributed by atoms with Crippen molar-refractivity contribution >= 4 is 22.6 Å². The summed E-state index contributed by atoms with van der Waals surface area (Å²) in [4.78, 5) is 3.91. The second kappa shape index (κ2) is 3.85. The predicted molar refractivity (Wildman–Crippen MR) is 62.5 cm³/mol. The first-order valence-corrected chi connectivity index (χ1v) is 6.23. The van der Waals surface area contributed by atoms with Crippen LogP contribution in [0.2, 0.25) is 0 Å². The normalized spacial score (nSPS) is 17.9. The summed E-state index contributed by atoms with van der Waals surface area (Å²) in [6.07, 6.45) is -4.45. The first-order chi connectivity index (χ1) is 8.90. The Bertz CT molecular complexity index is 643. The molecule has 0 bridgehead atoms. The summed E-state index contributed by atoms with van der Waals surface area (Å²) in [5.41, 5.74) is -1.89. The lowest BCUT2D eigenvalue weighted by Crippen LogP contribution is -2.35. The van der Waals surface area contributed by atoms with Crippen LogP contribution in [0.5, 0.6) is 0 Å². The number of aromatic nitrogens is 2. The van der Waals surface area contributed by atoms with E-state index in [0.717, 1.165) is 4.57 Å². The SMILES string of the molecule is Fc1cccc2c1nc(CCl)n2C1(C(F)(F)F)CC1. The highest BCUT2D eigenvalue weighted by molar-refractivity contribution is 6.16. The number of para-hydroxylation sites is 1. The van der Waals surface area contributed by atoms with E-state index in [-0.39, 0.29) is 35.6 Å². The van der Waals surface area contributed by atoms with E-state index >= 15 is 0 Å². The third-order valence-electron chi connectivity index (χ3n) is 3.50. The van der Waals surface area contributed by atoms with E-state index in [9.17, 15) is 17.6 Å². The highest BCUT2D eigenvalue weighted by Gasteiger charge is 2.65. The molecule has 1 saturated carbocycles. The van der Waals surface area contributed by atoms with Gasteiger partial charge in [0.2, 0.25) is 0 Å². The molecule has 0 unspecified atom stereocenters. The topological polar surface area (TPSA) is 17.8 Å². The Kier molecular flexibility index (Phi) is 2.58. The molecule has 7 heteroatoms.